The van der Waals surface area contributed by atoms with Gasteiger partial charge in [0.2, 0.25) is 5.91 Å². The van der Waals surface area contributed by atoms with Crippen LogP contribution < -0.4 is 5.32 Å². The number of nitrogens with one attached hydrogen (secondary N) is 2. The molecule has 2 aromatic rings. The van der Waals surface area contributed by atoms with Crippen molar-refractivity contribution < 1.29 is 9.59 Å². The van der Waals surface area contributed by atoms with E-state index >= 15 is 0 Å². The minimum absolute atomic E-state index is 0.00440. The van der Waals surface area contributed by atoms with Crippen molar-refractivity contribution in [3.05, 3.63) is 41.4 Å². The fourth-order valence-corrected chi connectivity index (χ4v) is 3.76. The van der Waals surface area contributed by atoms with Crippen LogP contribution in [0.25, 0.3) is 5.69 Å². The molecule has 1 aromatic heterocycles. The summed E-state index contributed by atoms with van der Waals surface area (Å²) in [5, 5.41) is 3.01. The number of anilines is 1. The first-order valence-electron chi connectivity index (χ1n) is 9.74. The van der Waals surface area contributed by atoms with Gasteiger partial charge < -0.3 is 20.1 Å². The topological polar surface area (TPSA) is 73.4 Å². The van der Waals surface area contributed by atoms with Crippen LogP contribution in [0.3, 0.4) is 0 Å². The Bertz CT molecular complexity index is 878. The molecule has 1 aliphatic heterocycles. The smallest absolute Gasteiger partial charge is 0.319 e. The zero-order valence-corrected chi connectivity index (χ0v) is 17.2. The van der Waals surface area contributed by atoms with E-state index in [1.807, 2.05) is 58.7 Å². The Hall–Kier alpha value is -2.61. The maximum absolute atomic E-state index is 12.7. The highest BCUT2D eigenvalue weighted by molar-refractivity contribution is 7.71. The number of carbonyl (C=O) groups excluding carboxylic acids is 2. The van der Waals surface area contributed by atoms with Gasteiger partial charge in [0.05, 0.1) is 0 Å². The van der Waals surface area contributed by atoms with Crippen molar-refractivity contribution >= 4 is 29.8 Å². The lowest BCUT2D eigenvalue weighted by Crippen LogP contribution is -2.47. The zero-order chi connectivity index (χ0) is 20.1. The van der Waals surface area contributed by atoms with Crippen molar-refractivity contribution in [2.75, 3.05) is 31.5 Å². The molecule has 1 aliphatic rings. The predicted octanol–water partition coefficient (Wildman–Crippen LogP) is 3.65. The number of aromatic nitrogens is 2. The van der Waals surface area contributed by atoms with Crippen molar-refractivity contribution in [3.63, 3.8) is 0 Å². The van der Waals surface area contributed by atoms with E-state index in [-0.39, 0.29) is 17.9 Å². The Labute approximate surface area is 170 Å². The highest BCUT2D eigenvalue weighted by Crippen LogP contribution is 2.22. The summed E-state index contributed by atoms with van der Waals surface area (Å²) >= 11 is 5.25. The van der Waals surface area contributed by atoms with Crippen LogP contribution in [-0.4, -0.2) is 57.5 Å². The number of nitrogens with zero attached hydrogens (tertiary/aromatic N) is 3. The van der Waals surface area contributed by atoms with Crippen LogP contribution in [0.2, 0.25) is 0 Å². The summed E-state index contributed by atoms with van der Waals surface area (Å²) in [4.78, 5) is 31.8. The lowest BCUT2D eigenvalue weighted by molar-refractivity contribution is -0.121. The molecule has 0 saturated carbocycles. The number of carbonyl (C=O) groups is 2. The molecule has 0 spiro atoms. The number of hydrogen-bond donors (Lipinski definition) is 2. The van der Waals surface area contributed by atoms with Crippen molar-refractivity contribution in [2.24, 2.45) is 5.92 Å². The van der Waals surface area contributed by atoms with E-state index in [0.717, 1.165) is 11.4 Å². The van der Waals surface area contributed by atoms with E-state index in [1.165, 1.54) is 0 Å². The van der Waals surface area contributed by atoms with Crippen molar-refractivity contribution in [3.8, 4) is 5.69 Å². The number of hydrogen-bond acceptors (Lipinski definition) is 3. The summed E-state index contributed by atoms with van der Waals surface area (Å²) in [5.74, 6) is -0.0800. The third-order valence-corrected chi connectivity index (χ3v) is 5.53. The van der Waals surface area contributed by atoms with Crippen LogP contribution in [0.15, 0.2) is 36.7 Å². The van der Waals surface area contributed by atoms with Gasteiger partial charge in [0.1, 0.15) is 0 Å². The van der Waals surface area contributed by atoms with Crippen LogP contribution >= 0.6 is 12.2 Å². The highest BCUT2D eigenvalue weighted by Gasteiger charge is 2.28. The first-order chi connectivity index (χ1) is 13.5. The third-order valence-electron chi connectivity index (χ3n) is 5.21. The number of aromatic amines is 1. The molecule has 0 unspecified atom stereocenters. The van der Waals surface area contributed by atoms with Gasteiger partial charge in [-0.25, -0.2) is 4.79 Å². The predicted molar refractivity (Wildman–Crippen MR) is 112 cm³/mol. The maximum Gasteiger partial charge on any atom is 0.319 e. The molecule has 1 fully saturated rings. The first kappa shape index (κ1) is 20.1. The van der Waals surface area contributed by atoms with Gasteiger partial charge >= 0.3 is 6.03 Å². The summed E-state index contributed by atoms with van der Waals surface area (Å²) in [6.07, 6.45) is 5.00. The average Bonchev–Trinajstić information content (AvgIpc) is 3.15. The van der Waals surface area contributed by atoms with Crippen LogP contribution in [0.1, 0.15) is 26.7 Å². The molecule has 0 aliphatic carbocycles. The SMILES string of the molecule is CCN(CC)C(=O)N1CCC(C(=O)Nc2cccc(-n3cc[nH]c3=S)c2)CC1. The molecular weight excluding hydrogens is 374 g/mol. The fraction of sp³-hybridized carbons (Fsp3) is 0.450. The molecular formula is C20H27N5O2S. The quantitative estimate of drug-likeness (QED) is 0.751. The number of rotatable bonds is 5. The van der Waals surface area contributed by atoms with Crippen molar-refractivity contribution in [1.82, 2.24) is 19.4 Å². The van der Waals surface area contributed by atoms with Gasteiger partial charge in [-0.05, 0) is 57.1 Å². The van der Waals surface area contributed by atoms with Crippen molar-refractivity contribution in [1.29, 1.82) is 0 Å². The Balaban J connectivity index is 1.59. The lowest BCUT2D eigenvalue weighted by atomic mass is 9.96. The normalized spacial score (nSPS) is 14.7. The number of likely N-dealkylation sites (tertiary alicyclic amines) is 1. The maximum atomic E-state index is 12.7. The molecule has 7 nitrogen and oxygen atoms in total. The van der Waals surface area contributed by atoms with Gasteiger partial charge in [0, 0.05) is 55.9 Å². The molecule has 0 atom stereocenters. The van der Waals surface area contributed by atoms with E-state index in [9.17, 15) is 9.59 Å². The minimum atomic E-state index is -0.0844. The van der Waals surface area contributed by atoms with Gasteiger partial charge in [0.25, 0.3) is 0 Å². The van der Waals surface area contributed by atoms with Gasteiger partial charge in [-0.2, -0.15) is 0 Å². The van der Waals surface area contributed by atoms with E-state index < -0.39 is 0 Å². The van der Waals surface area contributed by atoms with E-state index in [1.54, 1.807) is 6.20 Å². The largest absolute Gasteiger partial charge is 0.337 e. The van der Waals surface area contributed by atoms with E-state index in [4.69, 9.17) is 12.2 Å². The van der Waals surface area contributed by atoms with E-state index in [2.05, 4.69) is 10.3 Å². The second kappa shape index (κ2) is 9.05. The molecule has 3 rings (SSSR count). The number of benzene rings is 1. The molecule has 3 amide bonds. The average molecular weight is 402 g/mol. The molecule has 150 valence electrons. The molecule has 28 heavy (non-hydrogen) atoms. The number of imidazole rings is 1. The number of piperidine rings is 1. The Kier molecular flexibility index (Phi) is 6.51. The Morgan fingerprint density at radius 3 is 2.57 bits per heavy atom. The molecule has 1 saturated heterocycles. The molecule has 0 radical (unpaired) electrons. The van der Waals surface area contributed by atoms with Crippen LogP contribution in [0, 0.1) is 10.7 Å². The Morgan fingerprint density at radius 2 is 1.96 bits per heavy atom. The summed E-state index contributed by atoms with van der Waals surface area (Å²) < 4.78 is 2.45. The zero-order valence-electron chi connectivity index (χ0n) is 16.4. The molecule has 1 aromatic carbocycles. The second-order valence-corrected chi connectivity index (χ2v) is 7.28. The number of H-pyrrole nitrogens is 1. The summed E-state index contributed by atoms with van der Waals surface area (Å²) in [7, 11) is 0. The lowest BCUT2D eigenvalue weighted by Gasteiger charge is -2.34. The molecule has 8 heteroatoms. The summed E-state index contributed by atoms with van der Waals surface area (Å²) in [6, 6.07) is 7.68. The van der Waals surface area contributed by atoms with Gasteiger partial charge in [-0.15, -0.1) is 0 Å². The fourth-order valence-electron chi connectivity index (χ4n) is 3.53. The highest BCUT2D eigenvalue weighted by atomic mass is 32.1. The molecule has 2 heterocycles. The van der Waals surface area contributed by atoms with Gasteiger partial charge in [0.15, 0.2) is 4.77 Å². The van der Waals surface area contributed by atoms with Crippen LogP contribution in [0.5, 0.6) is 0 Å². The second-order valence-electron chi connectivity index (χ2n) is 6.89. The third kappa shape index (κ3) is 4.44. The number of amides is 3. The van der Waals surface area contributed by atoms with Crippen LogP contribution in [0.4, 0.5) is 10.5 Å². The van der Waals surface area contributed by atoms with Gasteiger partial charge in [-0.3, -0.25) is 9.36 Å². The summed E-state index contributed by atoms with van der Waals surface area (Å²) in [5.41, 5.74) is 1.64. The minimum Gasteiger partial charge on any atom is -0.337 e. The van der Waals surface area contributed by atoms with Gasteiger partial charge in [-0.1, -0.05) is 6.07 Å². The first-order valence-corrected chi connectivity index (χ1v) is 10.2. The molecule has 2 N–H and O–H groups in total. The molecule has 0 bridgehead atoms. The van der Waals surface area contributed by atoms with Crippen LogP contribution in [-0.2, 0) is 4.79 Å². The van der Waals surface area contributed by atoms with Crippen molar-refractivity contribution in [2.45, 2.75) is 26.7 Å². The van der Waals surface area contributed by atoms with E-state index in [0.29, 0.717) is 43.8 Å². The monoisotopic (exact) mass is 401 g/mol. The standard InChI is InChI=1S/C20H27N5O2S/c1-3-23(4-2)20(27)24-11-8-15(9-12-24)18(26)22-16-6-5-7-17(14-16)25-13-10-21-19(25)28/h5-7,10,13-15H,3-4,8-9,11-12H2,1-2H3,(H,21,28)(H,22,26). The number of urea groups is 1. The summed E-state index contributed by atoms with van der Waals surface area (Å²) in [6.45, 7) is 6.61. The Morgan fingerprint density at radius 1 is 1.25 bits per heavy atom.